The SMILES string of the molecule is O=C(NCc1nc(CN2CCOCC2)cs1)c1ccccc1Cl. The molecule has 2 heterocycles. The zero-order chi connectivity index (χ0) is 16.1. The predicted molar refractivity (Wildman–Crippen MR) is 90.8 cm³/mol. The molecule has 1 aromatic carbocycles. The summed E-state index contributed by atoms with van der Waals surface area (Å²) in [6.07, 6.45) is 0. The second kappa shape index (κ2) is 7.88. The van der Waals surface area contributed by atoms with E-state index in [0.717, 1.165) is 43.5 Å². The molecule has 1 amide bonds. The summed E-state index contributed by atoms with van der Waals surface area (Å²) in [5.74, 6) is -0.180. The van der Waals surface area contributed by atoms with E-state index in [9.17, 15) is 4.79 Å². The molecule has 1 aliphatic rings. The Morgan fingerprint density at radius 2 is 2.13 bits per heavy atom. The molecule has 3 rings (SSSR count). The summed E-state index contributed by atoms with van der Waals surface area (Å²) in [6, 6.07) is 7.02. The molecule has 1 fully saturated rings. The number of nitrogens with one attached hydrogen (secondary N) is 1. The van der Waals surface area contributed by atoms with E-state index in [0.29, 0.717) is 17.1 Å². The van der Waals surface area contributed by atoms with E-state index in [4.69, 9.17) is 16.3 Å². The van der Waals surface area contributed by atoms with Gasteiger partial charge < -0.3 is 10.1 Å². The van der Waals surface area contributed by atoms with Gasteiger partial charge in [0.15, 0.2) is 0 Å². The maximum absolute atomic E-state index is 12.1. The van der Waals surface area contributed by atoms with Crippen molar-refractivity contribution in [3.05, 3.63) is 50.9 Å². The highest BCUT2D eigenvalue weighted by Gasteiger charge is 2.13. The molecule has 0 atom stereocenters. The Kier molecular flexibility index (Phi) is 5.61. The van der Waals surface area contributed by atoms with Crippen LogP contribution >= 0.6 is 22.9 Å². The first-order valence-corrected chi connectivity index (χ1v) is 8.74. The van der Waals surface area contributed by atoms with Crippen molar-refractivity contribution in [2.24, 2.45) is 0 Å². The first kappa shape index (κ1) is 16.4. The summed E-state index contributed by atoms with van der Waals surface area (Å²) in [7, 11) is 0. The number of ether oxygens (including phenoxy) is 1. The number of carbonyl (C=O) groups is 1. The summed E-state index contributed by atoms with van der Waals surface area (Å²) < 4.78 is 5.34. The van der Waals surface area contributed by atoms with Crippen LogP contribution in [0.5, 0.6) is 0 Å². The van der Waals surface area contributed by atoms with Gasteiger partial charge in [0.05, 0.1) is 36.0 Å². The largest absolute Gasteiger partial charge is 0.379 e. The highest BCUT2D eigenvalue weighted by molar-refractivity contribution is 7.09. The highest BCUT2D eigenvalue weighted by atomic mass is 35.5. The lowest BCUT2D eigenvalue weighted by atomic mass is 10.2. The number of hydrogen-bond acceptors (Lipinski definition) is 5. The molecule has 1 saturated heterocycles. The van der Waals surface area contributed by atoms with Gasteiger partial charge in [-0.1, -0.05) is 23.7 Å². The standard InChI is InChI=1S/C16H18ClN3O2S/c17-14-4-2-1-3-13(14)16(21)18-9-15-19-12(11-23-15)10-20-5-7-22-8-6-20/h1-4,11H,5-10H2,(H,18,21). The fraction of sp³-hybridized carbons (Fsp3) is 0.375. The van der Waals surface area contributed by atoms with E-state index in [2.05, 4.69) is 15.2 Å². The van der Waals surface area contributed by atoms with Crippen molar-refractivity contribution in [2.75, 3.05) is 26.3 Å². The summed E-state index contributed by atoms with van der Waals surface area (Å²) in [4.78, 5) is 19.0. The van der Waals surface area contributed by atoms with Gasteiger partial charge in [-0.2, -0.15) is 0 Å². The third-order valence-electron chi connectivity index (χ3n) is 3.61. The first-order valence-electron chi connectivity index (χ1n) is 7.48. The summed E-state index contributed by atoms with van der Waals surface area (Å²) in [5.41, 5.74) is 1.53. The average Bonchev–Trinajstić information content (AvgIpc) is 3.01. The summed E-state index contributed by atoms with van der Waals surface area (Å²) >= 11 is 7.59. The molecule has 7 heteroatoms. The van der Waals surface area contributed by atoms with E-state index < -0.39 is 0 Å². The fourth-order valence-electron chi connectivity index (χ4n) is 2.39. The Bertz CT molecular complexity index is 671. The van der Waals surface area contributed by atoms with Crippen molar-refractivity contribution in [2.45, 2.75) is 13.1 Å². The average molecular weight is 352 g/mol. The first-order chi connectivity index (χ1) is 11.2. The van der Waals surface area contributed by atoms with Crippen LogP contribution in [0.1, 0.15) is 21.1 Å². The lowest BCUT2D eigenvalue weighted by Gasteiger charge is -2.25. The van der Waals surface area contributed by atoms with Crippen molar-refractivity contribution in [3.8, 4) is 0 Å². The number of thiazole rings is 1. The third-order valence-corrected chi connectivity index (χ3v) is 4.83. The lowest BCUT2D eigenvalue weighted by Crippen LogP contribution is -2.35. The zero-order valence-electron chi connectivity index (χ0n) is 12.6. The smallest absolute Gasteiger partial charge is 0.253 e. The van der Waals surface area contributed by atoms with Crippen LogP contribution in [-0.2, 0) is 17.8 Å². The number of amides is 1. The molecule has 1 aliphatic heterocycles. The summed E-state index contributed by atoms with van der Waals surface area (Å²) in [6.45, 7) is 4.69. The monoisotopic (exact) mass is 351 g/mol. The maximum Gasteiger partial charge on any atom is 0.253 e. The molecule has 23 heavy (non-hydrogen) atoms. The maximum atomic E-state index is 12.1. The quantitative estimate of drug-likeness (QED) is 0.899. The Labute approximate surface area is 144 Å². The number of carbonyl (C=O) groups excluding carboxylic acids is 1. The van der Waals surface area contributed by atoms with Crippen molar-refractivity contribution in [3.63, 3.8) is 0 Å². The van der Waals surface area contributed by atoms with E-state index in [1.807, 2.05) is 5.38 Å². The van der Waals surface area contributed by atoms with Crippen LogP contribution in [0, 0.1) is 0 Å². The van der Waals surface area contributed by atoms with Crippen LogP contribution in [0.3, 0.4) is 0 Å². The second-order valence-corrected chi connectivity index (χ2v) is 6.63. The van der Waals surface area contributed by atoms with Crippen LogP contribution < -0.4 is 5.32 Å². The number of morpholine rings is 1. The van der Waals surface area contributed by atoms with Crippen molar-refractivity contribution in [1.29, 1.82) is 0 Å². The van der Waals surface area contributed by atoms with Crippen LogP contribution in [-0.4, -0.2) is 42.1 Å². The van der Waals surface area contributed by atoms with Crippen molar-refractivity contribution in [1.82, 2.24) is 15.2 Å². The van der Waals surface area contributed by atoms with Crippen molar-refractivity contribution >= 4 is 28.8 Å². The van der Waals surface area contributed by atoms with Gasteiger partial charge in [-0.3, -0.25) is 9.69 Å². The van der Waals surface area contributed by atoms with Gasteiger partial charge in [0, 0.05) is 25.0 Å². The van der Waals surface area contributed by atoms with Crippen LogP contribution in [0.4, 0.5) is 0 Å². The molecule has 0 bridgehead atoms. The number of benzene rings is 1. The highest BCUT2D eigenvalue weighted by Crippen LogP contribution is 2.16. The number of halogens is 1. The van der Waals surface area contributed by atoms with Crippen molar-refractivity contribution < 1.29 is 9.53 Å². The fourth-order valence-corrected chi connectivity index (χ4v) is 3.33. The lowest BCUT2D eigenvalue weighted by molar-refractivity contribution is 0.0337. The van der Waals surface area contributed by atoms with Gasteiger partial charge in [0.25, 0.3) is 5.91 Å². The minimum Gasteiger partial charge on any atom is -0.379 e. The molecule has 2 aromatic rings. The van der Waals surface area contributed by atoms with Gasteiger partial charge in [-0.15, -0.1) is 11.3 Å². The molecule has 1 aromatic heterocycles. The molecule has 0 saturated carbocycles. The Balaban J connectivity index is 1.53. The van der Waals surface area contributed by atoms with E-state index in [1.165, 1.54) is 0 Å². The normalized spacial score (nSPS) is 15.5. The van der Waals surface area contributed by atoms with Gasteiger partial charge in [0.2, 0.25) is 0 Å². The Hall–Kier alpha value is -1.47. The Morgan fingerprint density at radius 3 is 2.91 bits per heavy atom. The van der Waals surface area contributed by atoms with Crippen LogP contribution in [0.2, 0.25) is 5.02 Å². The number of rotatable bonds is 5. The Morgan fingerprint density at radius 1 is 1.35 bits per heavy atom. The van der Waals surface area contributed by atoms with Gasteiger partial charge in [-0.05, 0) is 12.1 Å². The molecule has 122 valence electrons. The molecular formula is C16H18ClN3O2S. The minimum atomic E-state index is -0.180. The number of hydrogen-bond donors (Lipinski definition) is 1. The van der Waals surface area contributed by atoms with Gasteiger partial charge >= 0.3 is 0 Å². The molecule has 0 radical (unpaired) electrons. The molecule has 0 spiro atoms. The van der Waals surface area contributed by atoms with Gasteiger partial charge in [-0.25, -0.2) is 4.98 Å². The topological polar surface area (TPSA) is 54.5 Å². The zero-order valence-corrected chi connectivity index (χ0v) is 14.2. The van der Waals surface area contributed by atoms with E-state index in [-0.39, 0.29) is 5.91 Å². The molecule has 5 nitrogen and oxygen atoms in total. The van der Waals surface area contributed by atoms with E-state index >= 15 is 0 Å². The molecule has 1 N–H and O–H groups in total. The number of nitrogens with zero attached hydrogens (tertiary/aromatic N) is 2. The molecular weight excluding hydrogens is 334 g/mol. The summed E-state index contributed by atoms with van der Waals surface area (Å²) in [5, 5.41) is 6.26. The molecule has 0 aliphatic carbocycles. The second-order valence-electron chi connectivity index (χ2n) is 5.28. The predicted octanol–water partition coefficient (Wildman–Crippen LogP) is 2.56. The van der Waals surface area contributed by atoms with Gasteiger partial charge in [0.1, 0.15) is 5.01 Å². The van der Waals surface area contributed by atoms with E-state index in [1.54, 1.807) is 35.6 Å². The number of aromatic nitrogens is 1. The minimum absolute atomic E-state index is 0.180. The third kappa shape index (κ3) is 4.51. The van der Waals surface area contributed by atoms with Crippen LogP contribution in [0.15, 0.2) is 29.6 Å². The molecule has 0 unspecified atom stereocenters. The van der Waals surface area contributed by atoms with Crippen LogP contribution in [0.25, 0.3) is 0 Å².